The van der Waals surface area contributed by atoms with E-state index in [0.29, 0.717) is 11.4 Å². The number of hydrogen-bond acceptors (Lipinski definition) is 1. The van der Waals surface area contributed by atoms with E-state index in [-0.39, 0.29) is 11.2 Å². The van der Waals surface area contributed by atoms with Crippen molar-refractivity contribution < 1.29 is 4.79 Å². The van der Waals surface area contributed by atoms with Crippen molar-refractivity contribution in [2.24, 2.45) is 5.41 Å². The van der Waals surface area contributed by atoms with Crippen LogP contribution in [0.25, 0.3) is 0 Å². The molecule has 0 saturated heterocycles. The zero-order valence-corrected chi connectivity index (χ0v) is 9.56. The third-order valence-corrected chi connectivity index (χ3v) is 2.33. The van der Waals surface area contributed by atoms with Gasteiger partial charge in [-0.2, -0.15) is 0 Å². The van der Waals surface area contributed by atoms with Crippen LogP contribution in [0, 0.1) is 5.41 Å². The van der Waals surface area contributed by atoms with Crippen LogP contribution in [0.15, 0.2) is 24.3 Å². The molecular formula is C12H15ClO. The Balaban J connectivity index is 2.75. The summed E-state index contributed by atoms with van der Waals surface area (Å²) in [4.78, 5) is 11.7. The molecule has 76 valence electrons. The van der Waals surface area contributed by atoms with Gasteiger partial charge in [-0.1, -0.05) is 44.5 Å². The second kappa shape index (κ2) is 4.14. The van der Waals surface area contributed by atoms with E-state index in [1.807, 2.05) is 45.0 Å². The highest BCUT2D eigenvalue weighted by molar-refractivity contribution is 6.30. The minimum atomic E-state index is -0.275. The highest BCUT2D eigenvalue weighted by atomic mass is 35.5. The van der Waals surface area contributed by atoms with Crippen LogP contribution in [0.4, 0.5) is 0 Å². The highest BCUT2D eigenvalue weighted by Gasteiger charge is 2.20. The number of ketones is 1. The largest absolute Gasteiger partial charge is 0.299 e. The Bertz CT molecular complexity index is 336. The van der Waals surface area contributed by atoms with E-state index >= 15 is 0 Å². The number of rotatable bonds is 2. The van der Waals surface area contributed by atoms with Gasteiger partial charge in [0.15, 0.2) is 0 Å². The lowest BCUT2D eigenvalue weighted by molar-refractivity contribution is -0.125. The van der Waals surface area contributed by atoms with Crippen LogP contribution >= 0.6 is 11.6 Å². The molecule has 0 fully saturated rings. The summed E-state index contributed by atoms with van der Waals surface area (Å²) in [6, 6.07) is 7.45. The Morgan fingerprint density at radius 2 is 2.00 bits per heavy atom. The molecule has 0 saturated carbocycles. The van der Waals surface area contributed by atoms with E-state index in [2.05, 4.69) is 0 Å². The molecular weight excluding hydrogens is 196 g/mol. The molecule has 0 spiro atoms. The summed E-state index contributed by atoms with van der Waals surface area (Å²) >= 11 is 5.83. The number of carbonyl (C=O) groups is 1. The van der Waals surface area contributed by atoms with Gasteiger partial charge in [0.05, 0.1) is 0 Å². The zero-order valence-electron chi connectivity index (χ0n) is 8.80. The normalized spacial score (nSPS) is 11.4. The summed E-state index contributed by atoms with van der Waals surface area (Å²) in [6.45, 7) is 5.79. The smallest absolute Gasteiger partial charge is 0.142 e. The maximum atomic E-state index is 11.7. The van der Waals surface area contributed by atoms with Crippen molar-refractivity contribution in [1.82, 2.24) is 0 Å². The van der Waals surface area contributed by atoms with Crippen LogP contribution in [0.2, 0.25) is 5.02 Å². The Kier molecular flexibility index (Phi) is 3.33. The lowest BCUT2D eigenvalue weighted by Crippen LogP contribution is -2.21. The molecule has 0 aliphatic rings. The molecule has 0 unspecified atom stereocenters. The van der Waals surface area contributed by atoms with E-state index in [1.165, 1.54) is 0 Å². The van der Waals surface area contributed by atoms with Crippen LogP contribution in [-0.2, 0) is 11.2 Å². The Labute approximate surface area is 90.1 Å². The Hall–Kier alpha value is -0.820. The van der Waals surface area contributed by atoms with Gasteiger partial charge < -0.3 is 0 Å². The first-order valence-corrected chi connectivity index (χ1v) is 5.05. The van der Waals surface area contributed by atoms with E-state index in [9.17, 15) is 4.79 Å². The van der Waals surface area contributed by atoms with Gasteiger partial charge in [0.25, 0.3) is 0 Å². The first kappa shape index (κ1) is 11.3. The van der Waals surface area contributed by atoms with Gasteiger partial charge in [0, 0.05) is 16.9 Å². The number of benzene rings is 1. The molecule has 0 aliphatic carbocycles. The fraction of sp³-hybridized carbons (Fsp3) is 0.417. The van der Waals surface area contributed by atoms with Crippen molar-refractivity contribution in [3.63, 3.8) is 0 Å². The number of halogens is 1. The summed E-state index contributed by atoms with van der Waals surface area (Å²) in [5.41, 5.74) is 0.708. The molecule has 0 aromatic heterocycles. The second-order valence-electron chi connectivity index (χ2n) is 4.48. The van der Waals surface area contributed by atoms with Crippen LogP contribution in [0.1, 0.15) is 26.3 Å². The van der Waals surface area contributed by atoms with E-state index in [0.717, 1.165) is 5.56 Å². The SMILES string of the molecule is CC(C)(C)C(=O)Cc1cccc(Cl)c1. The standard InChI is InChI=1S/C12H15ClO/c1-12(2,3)11(14)8-9-5-4-6-10(13)7-9/h4-7H,8H2,1-3H3. The molecule has 1 aromatic carbocycles. The first-order valence-electron chi connectivity index (χ1n) is 4.67. The molecule has 0 heterocycles. The van der Waals surface area contributed by atoms with Crippen molar-refractivity contribution in [2.75, 3.05) is 0 Å². The van der Waals surface area contributed by atoms with Gasteiger partial charge >= 0.3 is 0 Å². The summed E-state index contributed by atoms with van der Waals surface area (Å²) in [5, 5.41) is 0.684. The van der Waals surface area contributed by atoms with Crippen molar-refractivity contribution in [3.8, 4) is 0 Å². The molecule has 0 bridgehead atoms. The molecule has 0 amide bonds. The number of hydrogen-bond donors (Lipinski definition) is 0. The monoisotopic (exact) mass is 210 g/mol. The van der Waals surface area contributed by atoms with Crippen LogP contribution in [0.5, 0.6) is 0 Å². The molecule has 2 heteroatoms. The van der Waals surface area contributed by atoms with Gasteiger partial charge in [-0.05, 0) is 17.7 Å². The Morgan fingerprint density at radius 1 is 1.36 bits per heavy atom. The fourth-order valence-corrected chi connectivity index (χ4v) is 1.31. The van der Waals surface area contributed by atoms with Gasteiger partial charge in [0.1, 0.15) is 5.78 Å². The minimum absolute atomic E-state index is 0.236. The quantitative estimate of drug-likeness (QED) is 0.730. The first-order chi connectivity index (χ1) is 6.39. The minimum Gasteiger partial charge on any atom is -0.299 e. The topological polar surface area (TPSA) is 17.1 Å². The van der Waals surface area contributed by atoms with Crippen molar-refractivity contribution >= 4 is 17.4 Å². The Morgan fingerprint density at radius 3 is 2.50 bits per heavy atom. The van der Waals surface area contributed by atoms with E-state index < -0.39 is 0 Å². The van der Waals surface area contributed by atoms with E-state index in [1.54, 1.807) is 0 Å². The van der Waals surface area contributed by atoms with Crippen LogP contribution in [0.3, 0.4) is 0 Å². The highest BCUT2D eigenvalue weighted by Crippen LogP contribution is 2.19. The second-order valence-corrected chi connectivity index (χ2v) is 4.92. The number of carbonyl (C=O) groups excluding carboxylic acids is 1. The predicted octanol–water partition coefficient (Wildman–Crippen LogP) is 3.50. The maximum absolute atomic E-state index is 11.7. The molecule has 0 aliphatic heterocycles. The molecule has 14 heavy (non-hydrogen) atoms. The van der Waals surface area contributed by atoms with Crippen LogP contribution in [-0.4, -0.2) is 5.78 Å². The summed E-state index contributed by atoms with van der Waals surface area (Å²) < 4.78 is 0. The van der Waals surface area contributed by atoms with Gasteiger partial charge in [-0.25, -0.2) is 0 Å². The third kappa shape index (κ3) is 3.15. The third-order valence-electron chi connectivity index (χ3n) is 2.09. The van der Waals surface area contributed by atoms with Crippen LogP contribution < -0.4 is 0 Å². The molecule has 0 atom stereocenters. The van der Waals surface area contributed by atoms with Crippen molar-refractivity contribution in [3.05, 3.63) is 34.9 Å². The van der Waals surface area contributed by atoms with Gasteiger partial charge in [0.2, 0.25) is 0 Å². The lowest BCUT2D eigenvalue weighted by atomic mass is 9.87. The molecule has 0 radical (unpaired) electrons. The summed E-state index contributed by atoms with van der Waals surface area (Å²) in [5.74, 6) is 0.236. The zero-order chi connectivity index (χ0) is 10.8. The predicted molar refractivity (Wildman–Crippen MR) is 59.6 cm³/mol. The average molecular weight is 211 g/mol. The molecule has 1 nitrogen and oxygen atoms in total. The molecule has 1 rings (SSSR count). The maximum Gasteiger partial charge on any atom is 0.142 e. The van der Waals surface area contributed by atoms with Crippen molar-refractivity contribution in [1.29, 1.82) is 0 Å². The summed E-state index contributed by atoms with van der Waals surface area (Å²) in [6.07, 6.45) is 0.462. The van der Waals surface area contributed by atoms with Gasteiger partial charge in [-0.3, -0.25) is 4.79 Å². The summed E-state index contributed by atoms with van der Waals surface area (Å²) in [7, 11) is 0. The molecule has 0 N–H and O–H groups in total. The number of Topliss-reactive ketones (excluding diaryl/α,β-unsaturated/α-hetero) is 1. The fourth-order valence-electron chi connectivity index (χ4n) is 1.10. The average Bonchev–Trinajstić information content (AvgIpc) is 2.02. The van der Waals surface area contributed by atoms with Gasteiger partial charge in [-0.15, -0.1) is 0 Å². The molecule has 1 aromatic rings. The lowest BCUT2D eigenvalue weighted by Gasteiger charge is -2.16. The van der Waals surface area contributed by atoms with Crippen molar-refractivity contribution in [2.45, 2.75) is 27.2 Å². The van der Waals surface area contributed by atoms with E-state index in [4.69, 9.17) is 11.6 Å².